The van der Waals surface area contributed by atoms with Crippen LogP contribution in [0.1, 0.15) is 16.9 Å². The van der Waals surface area contributed by atoms with Crippen molar-refractivity contribution >= 4 is 17.5 Å². The minimum absolute atomic E-state index is 0.250. The molecule has 0 unspecified atom stereocenters. The normalized spacial score (nSPS) is 10.7. The molecule has 2 aromatic heterocycles. The van der Waals surface area contributed by atoms with Crippen molar-refractivity contribution < 1.29 is 9.32 Å². The zero-order valence-electron chi connectivity index (χ0n) is 12.3. The molecule has 0 aliphatic rings. The van der Waals surface area contributed by atoms with Gasteiger partial charge in [-0.2, -0.15) is 0 Å². The van der Waals surface area contributed by atoms with Gasteiger partial charge >= 0.3 is 0 Å². The third-order valence-electron chi connectivity index (χ3n) is 3.31. The maximum Gasteiger partial charge on any atom is 0.273 e. The minimum Gasteiger partial charge on any atom is -0.355 e. The van der Waals surface area contributed by atoms with Crippen molar-refractivity contribution in [3.05, 3.63) is 59.8 Å². The monoisotopic (exact) mass is 330 g/mol. The molecule has 0 bridgehead atoms. The van der Waals surface area contributed by atoms with Gasteiger partial charge in [0.15, 0.2) is 11.5 Å². The summed E-state index contributed by atoms with van der Waals surface area (Å²) in [6.07, 6.45) is 6.17. The number of nitrogens with one attached hydrogen (secondary N) is 1. The van der Waals surface area contributed by atoms with Gasteiger partial charge in [-0.05, 0) is 30.7 Å². The molecule has 0 saturated carbocycles. The minimum atomic E-state index is -0.250. The molecule has 0 aliphatic carbocycles. The van der Waals surface area contributed by atoms with Gasteiger partial charge in [-0.1, -0.05) is 16.8 Å². The molecule has 23 heavy (non-hydrogen) atoms. The number of nitrogens with zero attached hydrogens (tertiary/aromatic N) is 3. The average molecular weight is 331 g/mol. The maximum absolute atomic E-state index is 12.0. The largest absolute Gasteiger partial charge is 0.355 e. The molecule has 0 aliphatic heterocycles. The van der Waals surface area contributed by atoms with E-state index < -0.39 is 0 Å². The fourth-order valence-corrected chi connectivity index (χ4v) is 2.23. The van der Waals surface area contributed by atoms with Gasteiger partial charge in [-0.15, -0.1) is 0 Å². The lowest BCUT2D eigenvalue weighted by Crippen LogP contribution is -2.25. The van der Waals surface area contributed by atoms with Crippen LogP contribution in [-0.4, -0.2) is 27.2 Å². The Morgan fingerprint density at radius 1 is 1.30 bits per heavy atom. The summed E-state index contributed by atoms with van der Waals surface area (Å²) in [4.78, 5) is 16.0. The zero-order valence-corrected chi connectivity index (χ0v) is 13.0. The molecular weight excluding hydrogens is 316 g/mol. The lowest BCUT2D eigenvalue weighted by molar-refractivity contribution is 0.0944. The molecule has 0 fully saturated rings. The second kappa shape index (κ2) is 7.11. The molecule has 6 nitrogen and oxygen atoms in total. The number of benzene rings is 1. The van der Waals surface area contributed by atoms with E-state index in [1.54, 1.807) is 30.7 Å². The number of hydrogen-bond donors (Lipinski definition) is 1. The van der Waals surface area contributed by atoms with Crippen LogP contribution < -0.4 is 5.32 Å². The van der Waals surface area contributed by atoms with Gasteiger partial charge in [0.05, 0.1) is 6.33 Å². The van der Waals surface area contributed by atoms with E-state index >= 15 is 0 Å². The lowest BCUT2D eigenvalue weighted by Gasteiger charge is -2.03. The predicted molar refractivity (Wildman–Crippen MR) is 86.1 cm³/mol. The molecule has 0 spiro atoms. The van der Waals surface area contributed by atoms with Crippen LogP contribution >= 0.6 is 11.6 Å². The zero-order chi connectivity index (χ0) is 16.1. The fourth-order valence-electron chi connectivity index (χ4n) is 2.11. The first-order valence-electron chi connectivity index (χ1n) is 7.19. The number of amides is 1. The highest BCUT2D eigenvalue weighted by atomic mass is 35.5. The van der Waals surface area contributed by atoms with E-state index in [1.807, 2.05) is 22.9 Å². The summed E-state index contributed by atoms with van der Waals surface area (Å²) >= 11 is 5.85. The Bertz CT molecular complexity index is 766. The van der Waals surface area contributed by atoms with E-state index in [0.717, 1.165) is 18.5 Å². The lowest BCUT2D eigenvalue weighted by atomic mass is 10.1. The Hall–Kier alpha value is -2.60. The van der Waals surface area contributed by atoms with Gasteiger partial charge in [-0.25, -0.2) is 4.98 Å². The summed E-state index contributed by atoms with van der Waals surface area (Å²) in [5.74, 6) is 0.282. The van der Waals surface area contributed by atoms with E-state index in [9.17, 15) is 4.79 Å². The smallest absolute Gasteiger partial charge is 0.273 e. The van der Waals surface area contributed by atoms with Gasteiger partial charge in [0.2, 0.25) is 0 Å². The number of halogens is 1. The van der Waals surface area contributed by atoms with Crippen molar-refractivity contribution in [2.45, 2.75) is 13.0 Å². The molecule has 1 amide bonds. The van der Waals surface area contributed by atoms with Gasteiger partial charge < -0.3 is 14.4 Å². The molecule has 1 aromatic carbocycles. The molecular formula is C16H15ClN4O2. The van der Waals surface area contributed by atoms with E-state index in [0.29, 0.717) is 17.3 Å². The highest BCUT2D eigenvalue weighted by Crippen LogP contribution is 2.22. The van der Waals surface area contributed by atoms with Crippen LogP contribution in [-0.2, 0) is 6.54 Å². The number of hydrogen-bond acceptors (Lipinski definition) is 4. The molecule has 3 aromatic rings. The molecule has 2 heterocycles. The SMILES string of the molecule is O=C(NCCCn1ccnc1)c1cc(-c2ccc(Cl)cc2)on1. The van der Waals surface area contributed by atoms with Crippen molar-refractivity contribution in [3.63, 3.8) is 0 Å². The Morgan fingerprint density at radius 2 is 2.13 bits per heavy atom. The van der Waals surface area contributed by atoms with Crippen molar-refractivity contribution in [2.24, 2.45) is 0 Å². The highest BCUT2D eigenvalue weighted by molar-refractivity contribution is 6.30. The van der Waals surface area contributed by atoms with Crippen LogP contribution in [0.25, 0.3) is 11.3 Å². The Kier molecular flexibility index (Phi) is 4.73. The molecule has 0 saturated heterocycles. The van der Waals surface area contributed by atoms with Crippen LogP contribution in [0, 0.1) is 0 Å². The summed E-state index contributed by atoms with van der Waals surface area (Å²) in [5, 5.41) is 7.27. The van der Waals surface area contributed by atoms with Gasteiger partial charge in [0.1, 0.15) is 0 Å². The van der Waals surface area contributed by atoms with Crippen LogP contribution in [0.4, 0.5) is 0 Å². The predicted octanol–water partition coefficient (Wildman–Crippen LogP) is 3.01. The van der Waals surface area contributed by atoms with Crippen LogP contribution in [0.5, 0.6) is 0 Å². The molecule has 0 radical (unpaired) electrons. The summed E-state index contributed by atoms with van der Waals surface area (Å²) < 4.78 is 7.17. The van der Waals surface area contributed by atoms with E-state index in [2.05, 4.69) is 15.5 Å². The van der Waals surface area contributed by atoms with Gasteiger partial charge in [-0.3, -0.25) is 4.79 Å². The number of carbonyl (C=O) groups is 1. The first-order valence-corrected chi connectivity index (χ1v) is 7.57. The number of aromatic nitrogens is 3. The Morgan fingerprint density at radius 3 is 2.87 bits per heavy atom. The second-order valence-electron chi connectivity index (χ2n) is 4.99. The van der Waals surface area contributed by atoms with Crippen molar-refractivity contribution in [1.29, 1.82) is 0 Å². The van der Waals surface area contributed by atoms with E-state index in [4.69, 9.17) is 16.1 Å². The molecule has 0 atom stereocenters. The fraction of sp³-hybridized carbons (Fsp3) is 0.188. The van der Waals surface area contributed by atoms with Crippen LogP contribution in [0.3, 0.4) is 0 Å². The van der Waals surface area contributed by atoms with Crippen molar-refractivity contribution in [1.82, 2.24) is 20.0 Å². The third-order valence-corrected chi connectivity index (χ3v) is 3.56. The number of imidazole rings is 1. The van der Waals surface area contributed by atoms with Crippen LogP contribution in [0.15, 0.2) is 53.6 Å². The molecule has 3 rings (SSSR count). The first kappa shape index (κ1) is 15.3. The number of aryl methyl sites for hydroxylation is 1. The number of carbonyl (C=O) groups excluding carboxylic acids is 1. The van der Waals surface area contributed by atoms with E-state index in [-0.39, 0.29) is 11.6 Å². The molecule has 7 heteroatoms. The highest BCUT2D eigenvalue weighted by Gasteiger charge is 2.13. The van der Waals surface area contributed by atoms with Crippen molar-refractivity contribution in [3.8, 4) is 11.3 Å². The third kappa shape index (κ3) is 3.98. The first-order chi connectivity index (χ1) is 11.2. The van der Waals surface area contributed by atoms with Gasteiger partial charge in [0.25, 0.3) is 5.91 Å². The van der Waals surface area contributed by atoms with Gasteiger partial charge in [0, 0.05) is 42.1 Å². The average Bonchev–Trinajstić information content (AvgIpc) is 3.24. The summed E-state index contributed by atoms with van der Waals surface area (Å²) in [5.41, 5.74) is 1.08. The standard InChI is InChI=1S/C16H15ClN4O2/c17-13-4-2-12(3-5-13)15-10-14(20-23-15)16(22)19-6-1-8-21-9-7-18-11-21/h2-5,7,9-11H,1,6,8H2,(H,19,22). The molecule has 1 N–H and O–H groups in total. The quantitative estimate of drug-likeness (QED) is 0.705. The Labute approximate surface area is 138 Å². The summed E-state index contributed by atoms with van der Waals surface area (Å²) in [6, 6.07) is 8.77. The van der Waals surface area contributed by atoms with Crippen LogP contribution in [0.2, 0.25) is 5.02 Å². The summed E-state index contributed by atoms with van der Waals surface area (Å²) in [6.45, 7) is 1.36. The number of rotatable bonds is 6. The topological polar surface area (TPSA) is 73.0 Å². The van der Waals surface area contributed by atoms with E-state index in [1.165, 1.54) is 0 Å². The van der Waals surface area contributed by atoms with Crippen molar-refractivity contribution in [2.75, 3.05) is 6.54 Å². The second-order valence-corrected chi connectivity index (χ2v) is 5.43. The molecule has 118 valence electrons. The summed E-state index contributed by atoms with van der Waals surface area (Å²) in [7, 11) is 0. The maximum atomic E-state index is 12.0. The Balaban J connectivity index is 1.52.